The number of rotatable bonds is 4. The van der Waals surface area contributed by atoms with Gasteiger partial charge in [0.1, 0.15) is 5.82 Å². The Morgan fingerprint density at radius 1 is 1.44 bits per heavy atom. The fourth-order valence-corrected chi connectivity index (χ4v) is 2.46. The highest BCUT2D eigenvalue weighted by Crippen LogP contribution is 2.24. The first kappa shape index (κ1) is 13.0. The quantitative estimate of drug-likeness (QED) is 0.884. The van der Waals surface area contributed by atoms with Gasteiger partial charge in [-0.15, -0.1) is 0 Å². The predicted molar refractivity (Wildman–Crippen MR) is 68.5 cm³/mol. The van der Waals surface area contributed by atoms with E-state index in [0.717, 1.165) is 12.8 Å². The van der Waals surface area contributed by atoms with E-state index in [-0.39, 0.29) is 23.7 Å². The summed E-state index contributed by atoms with van der Waals surface area (Å²) in [6.45, 7) is 3.26. The molecule has 98 valence electrons. The fourth-order valence-electron chi connectivity index (χ4n) is 2.46. The predicted octanol–water partition coefficient (Wildman–Crippen LogP) is 1.71. The van der Waals surface area contributed by atoms with Crippen LogP contribution < -0.4 is 5.73 Å². The number of amides is 1. The molecule has 1 amide bonds. The topological polar surface area (TPSA) is 46.3 Å². The molecule has 1 aliphatic heterocycles. The summed E-state index contributed by atoms with van der Waals surface area (Å²) in [6.07, 6.45) is 2.07. The fraction of sp³-hybridized carbons (Fsp3) is 0.500. The van der Waals surface area contributed by atoms with Gasteiger partial charge in [-0.1, -0.05) is 31.5 Å². The van der Waals surface area contributed by atoms with Gasteiger partial charge in [0.05, 0.1) is 12.0 Å². The van der Waals surface area contributed by atoms with E-state index in [1.807, 2.05) is 0 Å². The van der Waals surface area contributed by atoms with Crippen LogP contribution in [0.3, 0.4) is 0 Å². The number of nitrogens with two attached hydrogens (primary N) is 1. The van der Waals surface area contributed by atoms with Crippen molar-refractivity contribution in [3.63, 3.8) is 0 Å². The second-order valence-electron chi connectivity index (χ2n) is 5.13. The summed E-state index contributed by atoms with van der Waals surface area (Å²) in [5.41, 5.74) is 6.33. The maximum absolute atomic E-state index is 13.4. The third-order valence-corrected chi connectivity index (χ3v) is 3.41. The molecule has 18 heavy (non-hydrogen) atoms. The van der Waals surface area contributed by atoms with Crippen LogP contribution >= 0.6 is 0 Å². The number of hydrogen-bond acceptors (Lipinski definition) is 2. The summed E-state index contributed by atoms with van der Waals surface area (Å²) >= 11 is 0. The lowest BCUT2D eigenvalue weighted by Gasteiger charge is -2.48. The first-order valence-electron chi connectivity index (χ1n) is 6.34. The van der Waals surface area contributed by atoms with Crippen molar-refractivity contribution in [1.82, 2.24) is 4.90 Å². The summed E-state index contributed by atoms with van der Waals surface area (Å²) in [5, 5.41) is 0. The molecule has 0 spiro atoms. The third kappa shape index (κ3) is 2.70. The Kier molecular flexibility index (Phi) is 3.66. The number of carbonyl (C=O) groups excluding carboxylic acids is 1. The van der Waals surface area contributed by atoms with Crippen molar-refractivity contribution in [2.24, 2.45) is 5.73 Å². The summed E-state index contributed by atoms with van der Waals surface area (Å²) < 4.78 is 13.4. The van der Waals surface area contributed by atoms with Crippen LogP contribution in [-0.4, -0.2) is 29.4 Å². The van der Waals surface area contributed by atoms with Gasteiger partial charge >= 0.3 is 0 Å². The van der Waals surface area contributed by atoms with Crippen molar-refractivity contribution >= 4 is 5.91 Å². The molecular formula is C14H19FN2O. The lowest BCUT2D eigenvalue weighted by molar-refractivity contribution is -0.138. The van der Waals surface area contributed by atoms with E-state index in [2.05, 4.69) is 6.92 Å². The van der Waals surface area contributed by atoms with Gasteiger partial charge in [-0.2, -0.15) is 0 Å². The molecule has 1 aliphatic rings. The van der Waals surface area contributed by atoms with Gasteiger partial charge in [0.15, 0.2) is 0 Å². The number of carbonyl (C=O) groups is 1. The molecule has 0 atom stereocenters. The minimum Gasteiger partial charge on any atom is -0.339 e. The molecule has 0 bridgehead atoms. The van der Waals surface area contributed by atoms with Crippen LogP contribution in [0.15, 0.2) is 24.3 Å². The van der Waals surface area contributed by atoms with Gasteiger partial charge < -0.3 is 10.6 Å². The number of likely N-dealkylation sites (tertiary alicyclic amines) is 1. The highest BCUT2D eigenvalue weighted by atomic mass is 19.1. The molecule has 4 heteroatoms. The van der Waals surface area contributed by atoms with Crippen molar-refractivity contribution in [3.05, 3.63) is 35.6 Å². The molecule has 1 saturated heterocycles. The number of halogens is 1. The number of benzene rings is 1. The van der Waals surface area contributed by atoms with E-state index in [0.29, 0.717) is 18.7 Å². The molecule has 1 aromatic carbocycles. The van der Waals surface area contributed by atoms with Crippen LogP contribution in [-0.2, 0) is 11.2 Å². The SMILES string of the molecule is CCCC1(N)CN(C(=O)Cc2ccccc2F)C1. The molecule has 2 N–H and O–H groups in total. The summed E-state index contributed by atoms with van der Waals surface area (Å²) in [4.78, 5) is 13.7. The van der Waals surface area contributed by atoms with Crippen molar-refractivity contribution in [2.75, 3.05) is 13.1 Å². The van der Waals surface area contributed by atoms with Gasteiger partial charge in [0.2, 0.25) is 5.91 Å². The number of hydrogen-bond donors (Lipinski definition) is 1. The molecule has 0 aliphatic carbocycles. The molecule has 0 saturated carbocycles. The maximum atomic E-state index is 13.4. The third-order valence-electron chi connectivity index (χ3n) is 3.41. The van der Waals surface area contributed by atoms with Crippen LogP contribution in [0.1, 0.15) is 25.3 Å². The minimum absolute atomic E-state index is 0.0442. The molecule has 3 nitrogen and oxygen atoms in total. The Balaban J connectivity index is 1.90. The standard InChI is InChI=1S/C14H19FN2O/c1-2-7-14(16)9-17(10-14)13(18)8-11-5-3-4-6-12(11)15/h3-6H,2,7-10,16H2,1H3. The summed E-state index contributed by atoms with van der Waals surface area (Å²) in [6, 6.07) is 6.39. The van der Waals surface area contributed by atoms with Crippen LogP contribution in [0, 0.1) is 5.82 Å². The van der Waals surface area contributed by atoms with E-state index in [1.54, 1.807) is 23.1 Å². The van der Waals surface area contributed by atoms with Crippen molar-refractivity contribution in [3.8, 4) is 0 Å². The van der Waals surface area contributed by atoms with E-state index in [4.69, 9.17) is 5.73 Å². The normalized spacial score (nSPS) is 17.4. The lowest BCUT2D eigenvalue weighted by Crippen LogP contribution is -2.68. The summed E-state index contributed by atoms with van der Waals surface area (Å²) in [5.74, 6) is -0.365. The highest BCUT2D eigenvalue weighted by molar-refractivity contribution is 5.80. The van der Waals surface area contributed by atoms with E-state index >= 15 is 0 Å². The molecule has 0 aromatic heterocycles. The first-order chi connectivity index (χ1) is 8.54. The van der Waals surface area contributed by atoms with Crippen molar-refractivity contribution in [2.45, 2.75) is 31.7 Å². The highest BCUT2D eigenvalue weighted by Gasteiger charge is 2.40. The van der Waals surface area contributed by atoms with E-state index in [9.17, 15) is 9.18 Å². The maximum Gasteiger partial charge on any atom is 0.227 e. The van der Waals surface area contributed by atoms with Crippen molar-refractivity contribution in [1.29, 1.82) is 0 Å². The van der Waals surface area contributed by atoms with Gasteiger partial charge in [0.25, 0.3) is 0 Å². The largest absolute Gasteiger partial charge is 0.339 e. The van der Waals surface area contributed by atoms with Gasteiger partial charge in [-0.05, 0) is 18.1 Å². The second-order valence-corrected chi connectivity index (χ2v) is 5.13. The molecule has 0 radical (unpaired) electrons. The zero-order chi connectivity index (χ0) is 13.2. The first-order valence-corrected chi connectivity index (χ1v) is 6.34. The Morgan fingerprint density at radius 3 is 2.72 bits per heavy atom. The van der Waals surface area contributed by atoms with Gasteiger partial charge in [-0.25, -0.2) is 4.39 Å². The molecule has 2 rings (SSSR count). The van der Waals surface area contributed by atoms with Crippen molar-refractivity contribution < 1.29 is 9.18 Å². The average molecular weight is 250 g/mol. The smallest absolute Gasteiger partial charge is 0.227 e. The zero-order valence-corrected chi connectivity index (χ0v) is 10.7. The Hall–Kier alpha value is -1.42. The van der Waals surface area contributed by atoms with Crippen LogP contribution in [0.2, 0.25) is 0 Å². The minimum atomic E-state index is -0.320. The van der Waals surface area contributed by atoms with E-state index in [1.165, 1.54) is 6.07 Å². The lowest BCUT2D eigenvalue weighted by atomic mass is 9.86. The zero-order valence-electron chi connectivity index (χ0n) is 10.7. The second kappa shape index (κ2) is 5.06. The van der Waals surface area contributed by atoms with Gasteiger partial charge in [0, 0.05) is 13.1 Å². The molecular weight excluding hydrogens is 231 g/mol. The molecule has 0 unspecified atom stereocenters. The van der Waals surface area contributed by atoms with Crippen LogP contribution in [0.25, 0.3) is 0 Å². The Labute approximate surface area is 107 Å². The van der Waals surface area contributed by atoms with Gasteiger partial charge in [-0.3, -0.25) is 4.79 Å². The Bertz CT molecular complexity index is 441. The molecule has 1 aromatic rings. The molecule has 1 fully saturated rings. The van der Waals surface area contributed by atoms with Crippen LogP contribution in [0.5, 0.6) is 0 Å². The monoisotopic (exact) mass is 250 g/mol. The van der Waals surface area contributed by atoms with E-state index < -0.39 is 0 Å². The Morgan fingerprint density at radius 2 is 2.11 bits per heavy atom. The average Bonchev–Trinajstić information content (AvgIpc) is 2.29. The number of nitrogens with zero attached hydrogens (tertiary/aromatic N) is 1. The molecule has 1 heterocycles. The van der Waals surface area contributed by atoms with Crippen LogP contribution in [0.4, 0.5) is 4.39 Å². The summed E-state index contributed by atoms with van der Waals surface area (Å²) in [7, 11) is 0.